The van der Waals surface area contributed by atoms with Crippen LogP contribution < -0.4 is 0 Å². The average molecular weight is 302 g/mol. The number of aromatic nitrogens is 4. The molecule has 1 N–H and O–H groups in total. The number of ether oxygens (including phenoxy) is 1. The lowest BCUT2D eigenvalue weighted by atomic mass is 10.1. The predicted molar refractivity (Wildman–Crippen MR) is 75.9 cm³/mol. The Morgan fingerprint density at radius 1 is 1.27 bits per heavy atom. The van der Waals surface area contributed by atoms with Gasteiger partial charge in [0.25, 0.3) is 0 Å². The van der Waals surface area contributed by atoms with Crippen molar-refractivity contribution in [3.05, 3.63) is 41.6 Å². The van der Waals surface area contributed by atoms with Crippen molar-refractivity contribution in [2.75, 3.05) is 13.2 Å². The molecule has 0 bridgehead atoms. The van der Waals surface area contributed by atoms with Crippen LogP contribution in [0.3, 0.4) is 0 Å². The van der Waals surface area contributed by atoms with Crippen molar-refractivity contribution < 1.29 is 13.7 Å². The lowest BCUT2D eigenvalue weighted by Gasteiger charge is -1.97. The number of imidazole rings is 1. The van der Waals surface area contributed by atoms with Gasteiger partial charge in [-0.1, -0.05) is 5.16 Å². The summed E-state index contributed by atoms with van der Waals surface area (Å²) in [7, 11) is 0. The lowest BCUT2D eigenvalue weighted by molar-refractivity contribution is 0.192. The normalized spacial score (nSPS) is 18.3. The lowest BCUT2D eigenvalue weighted by Crippen LogP contribution is -2.00. The topological polar surface area (TPSA) is 76.8 Å². The highest BCUT2D eigenvalue weighted by Gasteiger charge is 2.23. The van der Waals surface area contributed by atoms with Crippen molar-refractivity contribution in [2.24, 2.45) is 0 Å². The van der Waals surface area contributed by atoms with Crippen LogP contribution in [0.15, 0.2) is 22.7 Å². The molecule has 0 amide bonds. The van der Waals surface area contributed by atoms with Gasteiger partial charge in [0.2, 0.25) is 5.89 Å². The fraction of sp³-hybridized carbons (Fsp3) is 0.400. The fourth-order valence-electron chi connectivity index (χ4n) is 2.65. The molecule has 0 unspecified atom stereocenters. The van der Waals surface area contributed by atoms with E-state index in [0.29, 0.717) is 30.9 Å². The second-order valence-corrected chi connectivity index (χ2v) is 5.45. The first-order chi connectivity index (χ1) is 10.8. The van der Waals surface area contributed by atoms with Gasteiger partial charge in [-0.05, 0) is 24.6 Å². The number of nitrogens with one attached hydrogen (secondary N) is 1. The minimum Gasteiger partial charge on any atom is -0.381 e. The number of fused-ring (bicyclic) bond motifs is 1. The summed E-state index contributed by atoms with van der Waals surface area (Å²) in [5, 5.41) is 4.02. The average Bonchev–Trinajstić information content (AvgIpc) is 3.24. The number of aromatic amines is 1. The highest BCUT2D eigenvalue weighted by atomic mass is 19.1. The predicted octanol–water partition coefficient (Wildman–Crippen LogP) is 2.37. The van der Waals surface area contributed by atoms with Gasteiger partial charge in [-0.3, -0.25) is 0 Å². The summed E-state index contributed by atoms with van der Waals surface area (Å²) in [5.74, 6) is 2.06. The van der Waals surface area contributed by atoms with E-state index in [-0.39, 0.29) is 11.7 Å². The van der Waals surface area contributed by atoms with Crippen LogP contribution >= 0.6 is 0 Å². The summed E-state index contributed by atoms with van der Waals surface area (Å²) in [5.41, 5.74) is 1.45. The van der Waals surface area contributed by atoms with Crippen molar-refractivity contribution in [1.29, 1.82) is 0 Å². The zero-order valence-corrected chi connectivity index (χ0v) is 11.9. The Morgan fingerprint density at radius 3 is 3.09 bits per heavy atom. The summed E-state index contributed by atoms with van der Waals surface area (Å²) in [6.07, 6.45) is 2.18. The van der Waals surface area contributed by atoms with Gasteiger partial charge in [0.05, 0.1) is 17.6 Å². The number of nitrogens with zero attached hydrogens (tertiary/aromatic N) is 3. The molecule has 0 spiro atoms. The third-order valence-electron chi connectivity index (χ3n) is 3.85. The molecular formula is C15H15FN4O2. The van der Waals surface area contributed by atoms with Crippen LogP contribution in [0.5, 0.6) is 0 Å². The minimum atomic E-state index is -0.275. The maximum Gasteiger partial charge on any atom is 0.227 e. The van der Waals surface area contributed by atoms with E-state index in [9.17, 15) is 4.39 Å². The molecular weight excluding hydrogens is 287 g/mol. The van der Waals surface area contributed by atoms with Gasteiger partial charge in [0.15, 0.2) is 5.82 Å². The molecule has 0 radical (unpaired) electrons. The number of aryl methyl sites for hydroxylation is 2. The Kier molecular flexibility index (Phi) is 3.34. The molecule has 3 heterocycles. The van der Waals surface area contributed by atoms with E-state index in [2.05, 4.69) is 20.1 Å². The first-order valence-corrected chi connectivity index (χ1v) is 7.32. The van der Waals surface area contributed by atoms with Gasteiger partial charge in [0.1, 0.15) is 11.6 Å². The number of rotatable bonds is 4. The molecule has 6 nitrogen and oxygen atoms in total. The Labute approximate surface area is 125 Å². The Bertz CT molecular complexity index is 792. The third-order valence-corrected chi connectivity index (χ3v) is 3.85. The fourth-order valence-corrected chi connectivity index (χ4v) is 2.65. The highest BCUT2D eigenvalue weighted by Crippen LogP contribution is 2.22. The Balaban J connectivity index is 1.44. The molecule has 3 aromatic rings. The summed E-state index contributed by atoms with van der Waals surface area (Å²) in [4.78, 5) is 11.9. The van der Waals surface area contributed by atoms with Crippen LogP contribution in [0.2, 0.25) is 0 Å². The Hall–Kier alpha value is -2.28. The summed E-state index contributed by atoms with van der Waals surface area (Å²) < 4.78 is 23.8. The maximum atomic E-state index is 13.2. The van der Waals surface area contributed by atoms with Crippen LogP contribution in [0.4, 0.5) is 4.39 Å². The Morgan fingerprint density at radius 2 is 2.23 bits per heavy atom. The molecule has 1 aliphatic heterocycles. The number of benzene rings is 1. The monoisotopic (exact) mass is 302 g/mol. The van der Waals surface area contributed by atoms with Gasteiger partial charge in [-0.2, -0.15) is 4.98 Å². The zero-order chi connectivity index (χ0) is 14.9. The third kappa shape index (κ3) is 2.59. The van der Waals surface area contributed by atoms with Gasteiger partial charge in [0, 0.05) is 25.4 Å². The molecule has 1 fully saturated rings. The molecule has 114 valence electrons. The van der Waals surface area contributed by atoms with Crippen molar-refractivity contribution in [1.82, 2.24) is 20.1 Å². The smallest absolute Gasteiger partial charge is 0.227 e. The maximum absolute atomic E-state index is 13.2. The van der Waals surface area contributed by atoms with Gasteiger partial charge < -0.3 is 14.2 Å². The molecule has 0 saturated carbocycles. The number of hydrogen-bond acceptors (Lipinski definition) is 5. The number of halogens is 1. The number of hydrogen-bond donors (Lipinski definition) is 1. The molecule has 0 aliphatic carbocycles. The molecule has 7 heteroatoms. The van der Waals surface area contributed by atoms with E-state index >= 15 is 0 Å². The molecule has 4 rings (SSSR count). The minimum absolute atomic E-state index is 0.242. The second-order valence-electron chi connectivity index (χ2n) is 5.45. The molecule has 1 atom stereocenters. The molecule has 1 aliphatic rings. The first kappa shape index (κ1) is 13.4. The van der Waals surface area contributed by atoms with Crippen LogP contribution in [0, 0.1) is 5.82 Å². The van der Waals surface area contributed by atoms with Crippen LogP contribution in [0.25, 0.3) is 11.0 Å². The highest BCUT2D eigenvalue weighted by molar-refractivity contribution is 5.74. The SMILES string of the molecule is Fc1ccc2nc(CCc3nc([C@H]4CCOC4)no3)[nH]c2c1. The molecule has 1 aromatic carbocycles. The van der Waals surface area contributed by atoms with Crippen molar-refractivity contribution in [3.8, 4) is 0 Å². The van der Waals surface area contributed by atoms with Crippen molar-refractivity contribution >= 4 is 11.0 Å². The summed E-state index contributed by atoms with van der Waals surface area (Å²) >= 11 is 0. The van der Waals surface area contributed by atoms with E-state index in [1.54, 1.807) is 6.07 Å². The van der Waals surface area contributed by atoms with Crippen LogP contribution in [-0.4, -0.2) is 33.3 Å². The van der Waals surface area contributed by atoms with Crippen molar-refractivity contribution in [2.45, 2.75) is 25.2 Å². The number of H-pyrrole nitrogens is 1. The zero-order valence-electron chi connectivity index (χ0n) is 11.9. The molecule has 1 saturated heterocycles. The quantitative estimate of drug-likeness (QED) is 0.800. The standard InChI is InChI=1S/C15H15FN4O2/c16-10-1-2-11-12(7-10)18-13(17-11)3-4-14-19-15(20-22-14)9-5-6-21-8-9/h1-2,7,9H,3-6,8H2,(H,17,18)/t9-/m0/s1. The van der Waals surface area contributed by atoms with Crippen molar-refractivity contribution in [3.63, 3.8) is 0 Å². The van der Waals surface area contributed by atoms with E-state index in [0.717, 1.165) is 30.2 Å². The van der Waals surface area contributed by atoms with Gasteiger partial charge in [-0.25, -0.2) is 9.37 Å². The van der Waals surface area contributed by atoms with Gasteiger partial charge in [-0.15, -0.1) is 0 Å². The second kappa shape index (κ2) is 5.49. The molecule has 22 heavy (non-hydrogen) atoms. The van der Waals surface area contributed by atoms with Crippen LogP contribution in [0.1, 0.15) is 29.9 Å². The van der Waals surface area contributed by atoms with Crippen LogP contribution in [-0.2, 0) is 17.6 Å². The first-order valence-electron chi connectivity index (χ1n) is 7.32. The van der Waals surface area contributed by atoms with Gasteiger partial charge >= 0.3 is 0 Å². The summed E-state index contributed by atoms with van der Waals surface area (Å²) in [6.45, 7) is 1.41. The van der Waals surface area contributed by atoms with E-state index < -0.39 is 0 Å². The van der Waals surface area contributed by atoms with E-state index in [1.165, 1.54) is 12.1 Å². The summed E-state index contributed by atoms with van der Waals surface area (Å²) in [6, 6.07) is 4.51. The van der Waals surface area contributed by atoms with E-state index in [1.807, 2.05) is 0 Å². The largest absolute Gasteiger partial charge is 0.381 e. The molecule has 2 aromatic heterocycles. The van der Waals surface area contributed by atoms with E-state index in [4.69, 9.17) is 9.26 Å².